The molecule has 4 rings (SSSR count). The van der Waals surface area contributed by atoms with E-state index in [0.29, 0.717) is 6.42 Å². The van der Waals surface area contributed by atoms with Gasteiger partial charge in [0, 0.05) is 56.3 Å². The second-order valence-electron chi connectivity index (χ2n) is 7.57. The van der Waals surface area contributed by atoms with Crippen LogP contribution in [0.1, 0.15) is 18.4 Å². The van der Waals surface area contributed by atoms with Crippen molar-refractivity contribution in [3.05, 3.63) is 30.0 Å². The number of rotatable bonds is 6. The fourth-order valence-electron chi connectivity index (χ4n) is 4.11. The predicted molar refractivity (Wildman–Crippen MR) is 112 cm³/mol. The Morgan fingerprint density at radius 2 is 1.71 bits per heavy atom. The first-order chi connectivity index (χ1) is 13.2. The number of carbonyl (C=O) groups is 1. The first-order valence-corrected chi connectivity index (χ1v) is 9.99. The standard InChI is InChI=1S/C21H29N3O3.ClH/c1-26-18-4-5-19-17(16-27-20(19)15-18)14-21(25)24-12-10-23(11-13-24)9-8-22-6-2-3-7-22;/h4-5,15-16H,2-3,6-14H2,1H3;1H. The van der Waals surface area contributed by atoms with Crippen LogP contribution in [0.2, 0.25) is 0 Å². The van der Waals surface area contributed by atoms with Crippen LogP contribution in [0.15, 0.2) is 28.9 Å². The molecule has 0 aliphatic carbocycles. The molecule has 1 amide bonds. The molecule has 0 unspecified atom stereocenters. The van der Waals surface area contributed by atoms with Crippen LogP contribution in [0.4, 0.5) is 0 Å². The molecule has 0 saturated carbocycles. The van der Waals surface area contributed by atoms with Gasteiger partial charge in [-0.05, 0) is 38.1 Å². The number of hydrogen-bond donors (Lipinski definition) is 0. The van der Waals surface area contributed by atoms with Gasteiger partial charge in [-0.1, -0.05) is 0 Å². The molecule has 2 aliphatic rings. The van der Waals surface area contributed by atoms with Crippen molar-refractivity contribution in [2.24, 2.45) is 0 Å². The van der Waals surface area contributed by atoms with E-state index in [9.17, 15) is 4.79 Å². The SMILES string of the molecule is COc1ccc2c(CC(=O)N3CCN(CCN4CCCC4)CC3)coc2c1.Cl. The van der Waals surface area contributed by atoms with Gasteiger partial charge in [0.05, 0.1) is 19.8 Å². The van der Waals surface area contributed by atoms with Crippen LogP contribution < -0.4 is 4.74 Å². The number of ether oxygens (including phenoxy) is 1. The third-order valence-corrected chi connectivity index (χ3v) is 5.86. The molecule has 0 bridgehead atoms. The van der Waals surface area contributed by atoms with Gasteiger partial charge in [-0.25, -0.2) is 0 Å². The highest BCUT2D eigenvalue weighted by Gasteiger charge is 2.23. The van der Waals surface area contributed by atoms with Crippen LogP contribution >= 0.6 is 12.4 Å². The van der Waals surface area contributed by atoms with Gasteiger partial charge in [-0.15, -0.1) is 12.4 Å². The molecular formula is C21H30ClN3O3. The molecule has 0 N–H and O–H groups in total. The van der Waals surface area contributed by atoms with E-state index in [1.807, 2.05) is 23.1 Å². The van der Waals surface area contributed by atoms with Gasteiger partial charge < -0.3 is 19.0 Å². The molecule has 0 spiro atoms. The van der Waals surface area contributed by atoms with E-state index in [1.165, 1.54) is 32.5 Å². The lowest BCUT2D eigenvalue weighted by molar-refractivity contribution is -0.132. The lowest BCUT2D eigenvalue weighted by Gasteiger charge is -2.35. The van der Waals surface area contributed by atoms with Gasteiger partial charge in [0.25, 0.3) is 0 Å². The Hall–Kier alpha value is -1.76. The number of piperazine rings is 1. The molecule has 154 valence electrons. The Morgan fingerprint density at radius 1 is 1.04 bits per heavy atom. The van der Waals surface area contributed by atoms with Crippen molar-refractivity contribution in [2.75, 3.05) is 59.5 Å². The average molecular weight is 408 g/mol. The average Bonchev–Trinajstić information content (AvgIpc) is 3.36. The van der Waals surface area contributed by atoms with Crippen molar-refractivity contribution in [1.82, 2.24) is 14.7 Å². The van der Waals surface area contributed by atoms with Crippen LogP contribution in [0.3, 0.4) is 0 Å². The van der Waals surface area contributed by atoms with Gasteiger partial charge >= 0.3 is 0 Å². The van der Waals surface area contributed by atoms with Crippen molar-refractivity contribution in [3.63, 3.8) is 0 Å². The smallest absolute Gasteiger partial charge is 0.227 e. The Morgan fingerprint density at radius 3 is 2.39 bits per heavy atom. The number of benzene rings is 1. The summed E-state index contributed by atoms with van der Waals surface area (Å²) in [6.07, 6.45) is 4.79. The van der Waals surface area contributed by atoms with Crippen molar-refractivity contribution >= 4 is 29.3 Å². The summed E-state index contributed by atoms with van der Waals surface area (Å²) in [5.41, 5.74) is 1.72. The molecule has 28 heavy (non-hydrogen) atoms. The molecule has 2 saturated heterocycles. The monoisotopic (exact) mass is 407 g/mol. The summed E-state index contributed by atoms with van der Waals surface area (Å²) < 4.78 is 10.8. The van der Waals surface area contributed by atoms with Gasteiger partial charge in [-0.3, -0.25) is 9.69 Å². The van der Waals surface area contributed by atoms with Gasteiger partial charge in [0.15, 0.2) is 0 Å². The highest BCUT2D eigenvalue weighted by Crippen LogP contribution is 2.26. The highest BCUT2D eigenvalue weighted by molar-refractivity contribution is 5.88. The number of hydrogen-bond acceptors (Lipinski definition) is 5. The number of likely N-dealkylation sites (tertiary alicyclic amines) is 1. The van der Waals surface area contributed by atoms with E-state index < -0.39 is 0 Å². The van der Waals surface area contributed by atoms with Crippen LogP contribution in [-0.2, 0) is 11.2 Å². The largest absolute Gasteiger partial charge is 0.497 e. The molecule has 1 aromatic carbocycles. The lowest BCUT2D eigenvalue weighted by atomic mass is 10.1. The Kier molecular flexibility index (Phi) is 7.21. The maximum absolute atomic E-state index is 12.7. The summed E-state index contributed by atoms with van der Waals surface area (Å²) in [5.74, 6) is 0.951. The maximum atomic E-state index is 12.7. The van der Waals surface area contributed by atoms with Crippen LogP contribution in [0, 0.1) is 0 Å². The van der Waals surface area contributed by atoms with E-state index in [0.717, 1.165) is 55.0 Å². The van der Waals surface area contributed by atoms with Crippen LogP contribution in [0.5, 0.6) is 5.75 Å². The Labute approximate surface area is 172 Å². The number of carbonyl (C=O) groups excluding carboxylic acids is 1. The molecule has 6 nitrogen and oxygen atoms in total. The fourth-order valence-corrected chi connectivity index (χ4v) is 4.11. The van der Waals surface area contributed by atoms with Crippen molar-refractivity contribution in [2.45, 2.75) is 19.3 Å². The van der Waals surface area contributed by atoms with Crippen LogP contribution in [-0.4, -0.2) is 80.1 Å². The van der Waals surface area contributed by atoms with Crippen molar-refractivity contribution in [3.8, 4) is 5.75 Å². The summed E-state index contributed by atoms with van der Waals surface area (Å²) >= 11 is 0. The van der Waals surface area contributed by atoms with Crippen LogP contribution in [0.25, 0.3) is 11.0 Å². The number of fused-ring (bicyclic) bond motifs is 1. The maximum Gasteiger partial charge on any atom is 0.227 e. The zero-order chi connectivity index (χ0) is 18.6. The second kappa shape index (κ2) is 9.63. The van der Waals surface area contributed by atoms with Crippen molar-refractivity contribution in [1.29, 1.82) is 0 Å². The van der Waals surface area contributed by atoms with E-state index >= 15 is 0 Å². The first-order valence-electron chi connectivity index (χ1n) is 9.99. The number of halogens is 1. The molecule has 3 heterocycles. The normalized spacial score (nSPS) is 18.4. The van der Waals surface area contributed by atoms with E-state index in [1.54, 1.807) is 13.4 Å². The quantitative estimate of drug-likeness (QED) is 0.736. The molecule has 2 aromatic rings. The number of furan rings is 1. The second-order valence-corrected chi connectivity index (χ2v) is 7.57. The summed E-state index contributed by atoms with van der Waals surface area (Å²) in [6, 6.07) is 5.74. The minimum atomic E-state index is 0. The molecule has 1 aromatic heterocycles. The summed E-state index contributed by atoms with van der Waals surface area (Å²) in [7, 11) is 1.64. The number of amides is 1. The Balaban J connectivity index is 0.00000225. The van der Waals surface area contributed by atoms with E-state index in [-0.39, 0.29) is 18.3 Å². The topological polar surface area (TPSA) is 49.2 Å². The zero-order valence-corrected chi connectivity index (χ0v) is 17.4. The van der Waals surface area contributed by atoms with Gasteiger partial charge in [0.1, 0.15) is 11.3 Å². The molecular weight excluding hydrogens is 378 g/mol. The molecule has 2 aliphatic heterocycles. The molecule has 0 atom stereocenters. The number of nitrogens with zero attached hydrogens (tertiary/aromatic N) is 3. The first kappa shape index (κ1) is 21.0. The molecule has 0 radical (unpaired) electrons. The minimum absolute atomic E-state index is 0. The molecule has 2 fully saturated rings. The fraction of sp³-hybridized carbons (Fsp3) is 0.571. The minimum Gasteiger partial charge on any atom is -0.497 e. The summed E-state index contributed by atoms with van der Waals surface area (Å²) in [5, 5.41) is 0.994. The summed E-state index contributed by atoms with van der Waals surface area (Å²) in [6.45, 7) is 8.39. The Bertz CT molecular complexity index is 780. The number of methoxy groups -OCH3 is 1. The zero-order valence-electron chi connectivity index (χ0n) is 16.6. The third kappa shape index (κ3) is 4.80. The van der Waals surface area contributed by atoms with Gasteiger partial charge in [-0.2, -0.15) is 0 Å². The third-order valence-electron chi connectivity index (χ3n) is 5.86. The highest BCUT2D eigenvalue weighted by atomic mass is 35.5. The lowest BCUT2D eigenvalue weighted by Crippen LogP contribution is -2.50. The predicted octanol–water partition coefficient (Wildman–Crippen LogP) is 2.65. The summed E-state index contributed by atoms with van der Waals surface area (Å²) in [4.78, 5) is 19.8. The molecule has 7 heteroatoms. The van der Waals surface area contributed by atoms with Crippen molar-refractivity contribution < 1.29 is 13.9 Å². The van der Waals surface area contributed by atoms with Gasteiger partial charge in [0.2, 0.25) is 5.91 Å². The van der Waals surface area contributed by atoms with E-state index in [4.69, 9.17) is 9.15 Å². The van der Waals surface area contributed by atoms with E-state index in [2.05, 4.69) is 9.80 Å².